The number of rotatable bonds is 30. The van der Waals surface area contributed by atoms with E-state index in [0.29, 0.717) is 19.3 Å². The maximum absolute atomic E-state index is 10.2. The van der Waals surface area contributed by atoms with E-state index < -0.39 is 17.9 Å². The molecule has 43 heavy (non-hydrogen) atoms. The topological polar surface area (TPSA) is 112 Å². The van der Waals surface area contributed by atoms with E-state index in [0.717, 1.165) is 38.5 Å². The van der Waals surface area contributed by atoms with Gasteiger partial charge in [0.25, 0.3) is 0 Å². The fourth-order valence-electron chi connectivity index (χ4n) is 4.76. The van der Waals surface area contributed by atoms with Crippen LogP contribution >= 0.6 is 0 Å². The highest BCUT2D eigenvalue weighted by Gasteiger charge is 1.98. The largest absolute Gasteiger partial charge is 0.481 e. The van der Waals surface area contributed by atoms with Crippen molar-refractivity contribution in [3.05, 3.63) is 0 Å². The molecule has 3 N–H and O–H groups in total. The molecule has 0 amide bonds. The first-order valence-electron chi connectivity index (χ1n) is 18.0. The Morgan fingerprint density at radius 2 is 0.442 bits per heavy atom. The van der Waals surface area contributed by atoms with Crippen molar-refractivity contribution in [1.29, 1.82) is 0 Å². The zero-order valence-corrected chi connectivity index (χ0v) is 28.3. The van der Waals surface area contributed by atoms with Crippen LogP contribution in [0.4, 0.5) is 0 Å². The first-order valence-corrected chi connectivity index (χ1v) is 18.0. The number of unbranched alkanes of at least 4 members (excludes halogenated alkanes) is 24. The van der Waals surface area contributed by atoms with Gasteiger partial charge in [-0.1, -0.05) is 175 Å². The second-order valence-corrected chi connectivity index (χ2v) is 11.9. The van der Waals surface area contributed by atoms with Gasteiger partial charge in [-0.3, -0.25) is 14.4 Å². The van der Waals surface area contributed by atoms with Crippen molar-refractivity contribution < 1.29 is 29.7 Å². The lowest BCUT2D eigenvalue weighted by atomic mass is 10.1. The molecule has 0 rings (SSSR count). The van der Waals surface area contributed by atoms with Gasteiger partial charge in [0.15, 0.2) is 17.4 Å². The number of hydrogen-bond acceptors (Lipinski definition) is 3. The van der Waals surface area contributed by atoms with E-state index in [9.17, 15) is 14.4 Å². The average molecular weight is 631 g/mol. The summed E-state index contributed by atoms with van der Waals surface area (Å²) in [6.07, 6.45) is 34.4. The minimum atomic E-state index is -0.659. The van der Waals surface area contributed by atoms with E-state index in [1.54, 1.807) is 0 Å². The number of aliphatic carboxylic acids is 3. The third-order valence-corrected chi connectivity index (χ3v) is 7.48. The van der Waals surface area contributed by atoms with Gasteiger partial charge in [-0.15, -0.1) is 0 Å². The standard InChI is InChI=1S/3C12H24O2.Al.3H/c3*1-2-3-4-5-6-7-8-9-10-11-12(13)14;;;;/h3*2-11H2,1H3,(H,13,14);;;;. The maximum atomic E-state index is 10.2. The van der Waals surface area contributed by atoms with Crippen molar-refractivity contribution in [3.63, 3.8) is 0 Å². The average Bonchev–Trinajstić information content (AvgIpc) is 2.95. The summed E-state index contributed by atoms with van der Waals surface area (Å²) < 4.78 is 0. The molecule has 0 heterocycles. The van der Waals surface area contributed by atoms with Gasteiger partial charge < -0.3 is 15.3 Å². The summed E-state index contributed by atoms with van der Waals surface area (Å²) in [6.45, 7) is 6.68. The summed E-state index contributed by atoms with van der Waals surface area (Å²) in [5.74, 6) is -1.98. The molecule has 0 bridgehead atoms. The lowest BCUT2D eigenvalue weighted by molar-refractivity contribution is -0.138. The molecule has 0 spiro atoms. The highest BCUT2D eigenvalue weighted by Crippen LogP contribution is 2.12. The summed E-state index contributed by atoms with van der Waals surface area (Å²) in [4.78, 5) is 30.6. The van der Waals surface area contributed by atoms with Crippen LogP contribution in [-0.2, 0) is 14.4 Å². The van der Waals surface area contributed by atoms with E-state index in [4.69, 9.17) is 15.3 Å². The molecule has 7 heteroatoms. The van der Waals surface area contributed by atoms with Crippen LogP contribution in [0.1, 0.15) is 213 Å². The van der Waals surface area contributed by atoms with Crippen LogP contribution in [0.15, 0.2) is 0 Å². The second kappa shape index (κ2) is 45.4. The Kier molecular flexibility index (Phi) is 51.5. The van der Waals surface area contributed by atoms with Crippen LogP contribution < -0.4 is 0 Å². The quantitative estimate of drug-likeness (QED) is 0.0538. The molecule has 0 radical (unpaired) electrons. The van der Waals surface area contributed by atoms with Crippen LogP contribution in [0.25, 0.3) is 0 Å². The van der Waals surface area contributed by atoms with Crippen LogP contribution in [0, 0.1) is 0 Å². The third kappa shape index (κ3) is 60.9. The molecule has 258 valence electrons. The summed E-state index contributed by atoms with van der Waals surface area (Å²) in [7, 11) is 0. The van der Waals surface area contributed by atoms with E-state index >= 15 is 0 Å². The van der Waals surface area contributed by atoms with Gasteiger partial charge in [-0.05, 0) is 19.3 Å². The van der Waals surface area contributed by atoms with Crippen molar-refractivity contribution in [2.24, 2.45) is 0 Å². The van der Waals surface area contributed by atoms with Crippen molar-refractivity contribution in [2.75, 3.05) is 0 Å². The Morgan fingerprint density at radius 1 is 0.302 bits per heavy atom. The smallest absolute Gasteiger partial charge is 0.303 e. The molecule has 0 saturated carbocycles. The van der Waals surface area contributed by atoms with E-state index in [1.165, 1.54) is 135 Å². The van der Waals surface area contributed by atoms with Crippen molar-refractivity contribution in [2.45, 2.75) is 213 Å². The third-order valence-electron chi connectivity index (χ3n) is 7.48. The molecular weight excluding hydrogens is 555 g/mol. The van der Waals surface area contributed by atoms with Crippen LogP contribution in [0.5, 0.6) is 0 Å². The van der Waals surface area contributed by atoms with E-state index in [2.05, 4.69) is 20.8 Å². The van der Waals surface area contributed by atoms with Gasteiger partial charge in [-0.2, -0.15) is 0 Å². The van der Waals surface area contributed by atoms with Gasteiger partial charge in [0.1, 0.15) is 0 Å². The summed E-state index contributed by atoms with van der Waals surface area (Å²) in [5.41, 5.74) is 0. The molecular formula is C36H75AlO6. The molecule has 0 aliphatic rings. The zero-order chi connectivity index (χ0) is 31.9. The lowest BCUT2D eigenvalue weighted by Crippen LogP contribution is -1.93. The van der Waals surface area contributed by atoms with Gasteiger partial charge in [-0.25, -0.2) is 0 Å². The van der Waals surface area contributed by atoms with Gasteiger partial charge in [0.2, 0.25) is 0 Å². The molecule has 0 atom stereocenters. The Hall–Kier alpha value is -1.06. The highest BCUT2D eigenvalue weighted by molar-refractivity contribution is 5.75. The number of carboxylic acids is 3. The molecule has 6 nitrogen and oxygen atoms in total. The predicted octanol–water partition coefficient (Wildman–Crippen LogP) is 10.8. The Balaban J connectivity index is -0.000000262. The Labute approximate surface area is 277 Å². The zero-order valence-electron chi connectivity index (χ0n) is 28.3. The summed E-state index contributed by atoms with van der Waals surface area (Å²) in [5, 5.41) is 25.2. The monoisotopic (exact) mass is 631 g/mol. The number of hydrogen-bond donors (Lipinski definition) is 3. The Morgan fingerprint density at radius 3 is 0.581 bits per heavy atom. The van der Waals surface area contributed by atoms with Crippen molar-refractivity contribution >= 4 is 35.3 Å². The normalized spacial score (nSPS) is 10.1. The predicted molar refractivity (Wildman–Crippen MR) is 188 cm³/mol. The van der Waals surface area contributed by atoms with Crippen molar-refractivity contribution in [3.8, 4) is 0 Å². The summed E-state index contributed by atoms with van der Waals surface area (Å²) in [6, 6.07) is 0. The number of carboxylic acid groups (broad SMARTS) is 3. The first kappa shape index (κ1) is 48.8. The molecule has 0 aliphatic heterocycles. The fraction of sp³-hybridized carbons (Fsp3) is 0.917. The molecule has 0 aromatic carbocycles. The van der Waals surface area contributed by atoms with Gasteiger partial charge in [0, 0.05) is 19.3 Å². The molecule has 0 aromatic rings. The molecule has 0 fully saturated rings. The first-order chi connectivity index (χ1) is 20.3. The fourth-order valence-corrected chi connectivity index (χ4v) is 4.76. The lowest BCUT2D eigenvalue weighted by Gasteiger charge is -2.00. The molecule has 0 saturated heterocycles. The Bertz CT molecular complexity index is 480. The second-order valence-electron chi connectivity index (χ2n) is 11.9. The summed E-state index contributed by atoms with van der Waals surface area (Å²) >= 11 is 0. The SMILES string of the molecule is CCCCCCCCCCCC(=O)O.CCCCCCCCCCCC(=O)O.CCCCCCCCCCCC(=O)O.[AlH3]. The van der Waals surface area contributed by atoms with Crippen LogP contribution in [0.3, 0.4) is 0 Å². The molecule has 0 unspecified atom stereocenters. The van der Waals surface area contributed by atoms with Gasteiger partial charge >= 0.3 is 17.9 Å². The van der Waals surface area contributed by atoms with E-state index in [-0.39, 0.29) is 17.4 Å². The highest BCUT2D eigenvalue weighted by atomic mass is 27.0. The maximum Gasteiger partial charge on any atom is 0.303 e. The van der Waals surface area contributed by atoms with Gasteiger partial charge in [0.05, 0.1) is 0 Å². The minimum Gasteiger partial charge on any atom is -0.481 e. The molecule has 0 aromatic heterocycles. The van der Waals surface area contributed by atoms with Crippen LogP contribution in [-0.4, -0.2) is 50.6 Å². The number of carbonyl (C=O) groups is 3. The minimum absolute atomic E-state index is 0. The van der Waals surface area contributed by atoms with E-state index in [1.807, 2.05) is 0 Å². The van der Waals surface area contributed by atoms with Crippen LogP contribution in [0.2, 0.25) is 0 Å². The molecule has 0 aliphatic carbocycles. The van der Waals surface area contributed by atoms with Crippen molar-refractivity contribution in [1.82, 2.24) is 0 Å².